The Morgan fingerprint density at radius 3 is 2.50 bits per heavy atom. The molecule has 2 aromatic heterocycles. The van der Waals surface area contributed by atoms with Crippen molar-refractivity contribution >= 4 is 23.1 Å². The summed E-state index contributed by atoms with van der Waals surface area (Å²) in [5, 5.41) is 2.45. The van der Waals surface area contributed by atoms with E-state index >= 15 is 0 Å². The van der Waals surface area contributed by atoms with Crippen LogP contribution in [0.4, 0.5) is 20.4 Å². The van der Waals surface area contributed by atoms with Gasteiger partial charge in [0, 0.05) is 25.5 Å². The number of aromatic nitrogens is 2. The maximum absolute atomic E-state index is 13.8. The zero-order valence-corrected chi connectivity index (χ0v) is 16.4. The van der Waals surface area contributed by atoms with E-state index in [-0.39, 0.29) is 5.82 Å². The van der Waals surface area contributed by atoms with Gasteiger partial charge in [0.25, 0.3) is 5.91 Å². The Morgan fingerprint density at radius 1 is 1.03 bits per heavy atom. The van der Waals surface area contributed by atoms with Gasteiger partial charge in [-0.2, -0.15) is 0 Å². The summed E-state index contributed by atoms with van der Waals surface area (Å²) in [5.41, 5.74) is 2.73. The van der Waals surface area contributed by atoms with Crippen molar-refractivity contribution in [3.05, 3.63) is 89.3 Å². The Balaban J connectivity index is 1.51. The lowest BCUT2D eigenvalue weighted by Crippen LogP contribution is -2.31. The van der Waals surface area contributed by atoms with E-state index in [1.807, 2.05) is 24.3 Å². The minimum Gasteiger partial charge on any atom is -0.352 e. The van der Waals surface area contributed by atoms with Crippen molar-refractivity contribution in [1.82, 2.24) is 9.97 Å². The predicted octanol–water partition coefficient (Wildman–Crippen LogP) is 4.69. The lowest BCUT2D eigenvalue weighted by Gasteiger charge is -2.31. The number of halogens is 2. The van der Waals surface area contributed by atoms with Gasteiger partial charge in [-0.25, -0.2) is 18.7 Å². The fraction of sp³-hybridized carbons (Fsp3) is 0.174. The van der Waals surface area contributed by atoms with E-state index in [1.165, 1.54) is 11.6 Å². The third-order valence-corrected chi connectivity index (χ3v) is 5.14. The molecule has 1 aliphatic rings. The van der Waals surface area contributed by atoms with Crippen molar-refractivity contribution in [3.63, 3.8) is 0 Å². The Morgan fingerprint density at radius 2 is 1.83 bits per heavy atom. The van der Waals surface area contributed by atoms with Crippen LogP contribution in [0.2, 0.25) is 0 Å². The van der Waals surface area contributed by atoms with Crippen molar-refractivity contribution in [3.8, 4) is 0 Å². The molecule has 3 aromatic rings. The van der Waals surface area contributed by atoms with Crippen LogP contribution in [-0.2, 0) is 0 Å². The van der Waals surface area contributed by atoms with Crippen molar-refractivity contribution in [2.45, 2.75) is 13.3 Å². The zero-order valence-electron chi connectivity index (χ0n) is 16.4. The third-order valence-electron chi connectivity index (χ3n) is 5.14. The minimum atomic E-state index is -0.915. The number of hydrogen-bond acceptors (Lipinski definition) is 4. The average Bonchev–Trinajstić information content (AvgIpc) is 2.75. The molecule has 1 N–H and O–H groups in total. The fourth-order valence-corrected chi connectivity index (χ4v) is 3.47. The summed E-state index contributed by atoms with van der Waals surface area (Å²) < 4.78 is 27.6. The van der Waals surface area contributed by atoms with E-state index in [0.717, 1.165) is 42.1 Å². The van der Waals surface area contributed by atoms with Crippen LogP contribution in [0.3, 0.4) is 0 Å². The number of nitrogens with one attached hydrogen (secondary N) is 1. The van der Waals surface area contributed by atoms with Gasteiger partial charge in [0.2, 0.25) is 0 Å². The molecule has 0 saturated carbocycles. The second-order valence-electron chi connectivity index (χ2n) is 7.10. The second-order valence-corrected chi connectivity index (χ2v) is 7.10. The normalized spacial score (nSPS) is 14.0. The highest BCUT2D eigenvalue weighted by Crippen LogP contribution is 2.29. The van der Waals surface area contributed by atoms with Crippen LogP contribution >= 0.6 is 0 Å². The highest BCUT2D eigenvalue weighted by atomic mass is 19.1. The summed E-state index contributed by atoms with van der Waals surface area (Å²) in [6, 6.07) is 12.6. The molecule has 0 unspecified atom stereocenters. The molecule has 1 aromatic carbocycles. The molecule has 152 valence electrons. The molecule has 0 radical (unpaired) electrons. The maximum atomic E-state index is 13.8. The van der Waals surface area contributed by atoms with Crippen LogP contribution < -0.4 is 10.2 Å². The number of nitrogens with zero attached hydrogens (tertiary/aromatic N) is 3. The van der Waals surface area contributed by atoms with Crippen LogP contribution in [0.1, 0.15) is 29.3 Å². The van der Waals surface area contributed by atoms with Crippen molar-refractivity contribution in [1.29, 1.82) is 0 Å². The van der Waals surface area contributed by atoms with Crippen LogP contribution in [0.15, 0.2) is 66.5 Å². The molecule has 0 saturated heterocycles. The number of anilines is 2. The van der Waals surface area contributed by atoms with Crippen molar-refractivity contribution < 1.29 is 13.6 Å². The van der Waals surface area contributed by atoms with Gasteiger partial charge in [0.05, 0.1) is 0 Å². The molecule has 1 aliphatic heterocycles. The quantitative estimate of drug-likeness (QED) is 0.683. The number of hydrogen-bond donors (Lipinski definition) is 1. The van der Waals surface area contributed by atoms with E-state index in [9.17, 15) is 13.6 Å². The van der Waals surface area contributed by atoms with E-state index < -0.39 is 23.1 Å². The fourth-order valence-electron chi connectivity index (χ4n) is 3.47. The van der Waals surface area contributed by atoms with Crippen LogP contribution in [0.5, 0.6) is 0 Å². The van der Waals surface area contributed by atoms with Gasteiger partial charge < -0.3 is 10.2 Å². The van der Waals surface area contributed by atoms with Gasteiger partial charge >= 0.3 is 0 Å². The number of amides is 1. The first-order valence-electron chi connectivity index (χ1n) is 9.59. The first kappa shape index (κ1) is 19.7. The van der Waals surface area contributed by atoms with Gasteiger partial charge in [-0.1, -0.05) is 17.7 Å². The number of pyridine rings is 2. The summed E-state index contributed by atoms with van der Waals surface area (Å²) in [7, 11) is 0. The van der Waals surface area contributed by atoms with Crippen LogP contribution in [0, 0.1) is 11.6 Å². The SMILES string of the molecule is CC1=C(c2ccc(NC(=O)c3c(F)cccc3F)nc2)CN(c2ccccn2)CC1. The van der Waals surface area contributed by atoms with E-state index in [4.69, 9.17) is 0 Å². The van der Waals surface area contributed by atoms with Crippen molar-refractivity contribution in [2.24, 2.45) is 0 Å². The lowest BCUT2D eigenvalue weighted by molar-refractivity contribution is 0.101. The van der Waals surface area contributed by atoms with E-state index in [1.54, 1.807) is 18.5 Å². The summed E-state index contributed by atoms with van der Waals surface area (Å²) in [6.07, 6.45) is 4.35. The highest BCUT2D eigenvalue weighted by molar-refractivity contribution is 6.04. The molecule has 1 amide bonds. The minimum absolute atomic E-state index is 0.224. The zero-order chi connectivity index (χ0) is 21.1. The van der Waals surface area contributed by atoms with E-state index in [2.05, 4.69) is 27.1 Å². The largest absolute Gasteiger partial charge is 0.352 e. The molecule has 4 rings (SSSR count). The molecule has 0 bridgehead atoms. The molecule has 3 heterocycles. The van der Waals surface area contributed by atoms with Gasteiger partial charge in [0.15, 0.2) is 0 Å². The maximum Gasteiger partial charge on any atom is 0.262 e. The molecule has 7 heteroatoms. The molecule has 0 spiro atoms. The smallest absolute Gasteiger partial charge is 0.262 e. The Hall–Kier alpha value is -3.61. The molecule has 30 heavy (non-hydrogen) atoms. The number of rotatable bonds is 4. The van der Waals surface area contributed by atoms with Gasteiger partial charge in [-0.05, 0) is 60.9 Å². The summed E-state index contributed by atoms with van der Waals surface area (Å²) in [6.45, 7) is 3.69. The first-order chi connectivity index (χ1) is 14.5. The molecule has 0 fully saturated rings. The standard InChI is InChI=1S/C23H20F2N4O/c1-15-10-12-29(21-7-2-3-11-26-21)14-17(15)16-8-9-20(27-13-16)28-23(30)22-18(24)5-4-6-19(22)25/h2-9,11,13H,10,12,14H2,1H3,(H,27,28,30). The summed E-state index contributed by atoms with van der Waals surface area (Å²) in [4.78, 5) is 23.1. The Kier molecular flexibility index (Phi) is 5.52. The number of carbonyl (C=O) groups is 1. The predicted molar refractivity (Wildman–Crippen MR) is 112 cm³/mol. The molecule has 0 aliphatic carbocycles. The molecule has 5 nitrogen and oxygen atoms in total. The Labute approximate surface area is 173 Å². The molecular formula is C23H20F2N4O. The first-order valence-corrected chi connectivity index (χ1v) is 9.59. The van der Waals surface area contributed by atoms with Crippen molar-refractivity contribution in [2.75, 3.05) is 23.3 Å². The van der Waals surface area contributed by atoms with E-state index in [0.29, 0.717) is 6.54 Å². The molecule has 0 atom stereocenters. The topological polar surface area (TPSA) is 58.1 Å². The highest BCUT2D eigenvalue weighted by Gasteiger charge is 2.20. The third kappa shape index (κ3) is 4.05. The second kappa shape index (κ2) is 8.41. The molecular weight excluding hydrogens is 386 g/mol. The van der Waals surface area contributed by atoms with Crippen LogP contribution in [0.25, 0.3) is 5.57 Å². The van der Waals surface area contributed by atoms with Gasteiger partial charge in [0.1, 0.15) is 28.8 Å². The Bertz CT molecular complexity index is 1080. The monoisotopic (exact) mass is 406 g/mol. The number of benzene rings is 1. The number of carbonyl (C=O) groups excluding carboxylic acids is 1. The van der Waals surface area contributed by atoms with Gasteiger partial charge in [-0.3, -0.25) is 4.79 Å². The average molecular weight is 406 g/mol. The lowest BCUT2D eigenvalue weighted by atomic mass is 9.96. The van der Waals surface area contributed by atoms with Crippen LogP contribution in [-0.4, -0.2) is 29.0 Å². The summed E-state index contributed by atoms with van der Waals surface area (Å²) in [5.74, 6) is -1.56. The summed E-state index contributed by atoms with van der Waals surface area (Å²) >= 11 is 0. The van der Waals surface area contributed by atoms with Gasteiger partial charge in [-0.15, -0.1) is 0 Å².